The Morgan fingerprint density at radius 2 is 2.00 bits per heavy atom. The Labute approximate surface area is 114 Å². The molecule has 4 nitrogen and oxygen atoms in total. The number of aromatic nitrogens is 3. The van der Waals surface area contributed by atoms with Crippen LogP contribution in [0.2, 0.25) is 0 Å². The van der Waals surface area contributed by atoms with Gasteiger partial charge in [-0.05, 0) is 31.0 Å². The van der Waals surface area contributed by atoms with Crippen molar-refractivity contribution in [3.63, 3.8) is 0 Å². The van der Waals surface area contributed by atoms with Crippen molar-refractivity contribution in [3.8, 4) is 5.69 Å². The lowest BCUT2D eigenvalue weighted by molar-refractivity contribution is -0.138. The van der Waals surface area contributed by atoms with E-state index in [2.05, 4.69) is 10.3 Å². The Hall–Kier alpha value is -2.05. The minimum Gasteiger partial charge on any atom is -0.381 e. The monoisotopic (exact) mass is 284 g/mol. The lowest BCUT2D eigenvalue weighted by atomic mass is 10.1. The van der Waals surface area contributed by atoms with Crippen molar-refractivity contribution >= 4 is 5.82 Å². The predicted octanol–water partition coefficient (Wildman–Crippen LogP) is 3.13. The van der Waals surface area contributed by atoms with Crippen LogP contribution in [0.3, 0.4) is 0 Å². The van der Waals surface area contributed by atoms with E-state index in [4.69, 9.17) is 5.73 Å². The van der Waals surface area contributed by atoms with E-state index in [1.54, 1.807) is 6.07 Å². The molecule has 0 aliphatic rings. The lowest BCUT2D eigenvalue weighted by Crippen LogP contribution is -2.10. The van der Waals surface area contributed by atoms with E-state index in [9.17, 15) is 13.2 Å². The summed E-state index contributed by atoms with van der Waals surface area (Å²) in [5.41, 5.74) is 6.14. The van der Waals surface area contributed by atoms with Crippen LogP contribution in [0.1, 0.15) is 30.2 Å². The summed E-state index contributed by atoms with van der Waals surface area (Å²) in [5.74, 6) is 0.251. The molecule has 0 atom stereocenters. The molecular weight excluding hydrogens is 269 g/mol. The van der Waals surface area contributed by atoms with Crippen LogP contribution in [0.4, 0.5) is 19.0 Å². The van der Waals surface area contributed by atoms with Crippen molar-refractivity contribution in [1.29, 1.82) is 0 Å². The van der Waals surface area contributed by atoms with E-state index in [0.29, 0.717) is 17.8 Å². The molecule has 0 spiro atoms. The second-order valence-corrected chi connectivity index (χ2v) is 4.58. The summed E-state index contributed by atoms with van der Waals surface area (Å²) in [4.78, 5) is 0. The highest BCUT2D eigenvalue weighted by Crippen LogP contribution is 2.33. The topological polar surface area (TPSA) is 56.7 Å². The van der Waals surface area contributed by atoms with Crippen molar-refractivity contribution < 1.29 is 13.2 Å². The SMILES string of the molecule is CCCc1c(N)nnn1-c1ccc(C)c(C(F)(F)F)c1. The molecule has 2 N–H and O–H groups in total. The number of anilines is 1. The third kappa shape index (κ3) is 2.61. The summed E-state index contributed by atoms with van der Waals surface area (Å²) >= 11 is 0. The summed E-state index contributed by atoms with van der Waals surface area (Å²) in [6.45, 7) is 3.38. The van der Waals surface area contributed by atoms with Crippen LogP contribution in [0.25, 0.3) is 5.69 Å². The molecule has 7 heteroatoms. The highest BCUT2D eigenvalue weighted by atomic mass is 19.4. The highest BCUT2D eigenvalue weighted by Gasteiger charge is 2.32. The molecule has 0 saturated heterocycles. The minimum atomic E-state index is -4.39. The van der Waals surface area contributed by atoms with Crippen LogP contribution in [0.5, 0.6) is 0 Å². The molecule has 1 aromatic carbocycles. The predicted molar refractivity (Wildman–Crippen MR) is 69.5 cm³/mol. The Balaban J connectivity index is 2.54. The molecule has 0 aliphatic heterocycles. The lowest BCUT2D eigenvalue weighted by Gasteiger charge is -2.13. The molecule has 1 aromatic heterocycles. The summed E-state index contributed by atoms with van der Waals surface area (Å²) < 4.78 is 40.2. The van der Waals surface area contributed by atoms with Crippen LogP contribution in [0.15, 0.2) is 18.2 Å². The fourth-order valence-corrected chi connectivity index (χ4v) is 2.04. The van der Waals surface area contributed by atoms with E-state index < -0.39 is 11.7 Å². The first-order valence-electron chi connectivity index (χ1n) is 6.23. The zero-order chi connectivity index (χ0) is 14.9. The van der Waals surface area contributed by atoms with Gasteiger partial charge in [0.25, 0.3) is 0 Å². The van der Waals surface area contributed by atoms with E-state index in [1.807, 2.05) is 6.92 Å². The summed E-state index contributed by atoms with van der Waals surface area (Å²) in [6.07, 6.45) is -2.99. The Kier molecular flexibility index (Phi) is 3.69. The smallest absolute Gasteiger partial charge is 0.381 e. The zero-order valence-corrected chi connectivity index (χ0v) is 11.2. The fraction of sp³-hybridized carbons (Fsp3) is 0.385. The summed E-state index contributed by atoms with van der Waals surface area (Å²) in [6, 6.07) is 4.08. The van der Waals surface area contributed by atoms with Gasteiger partial charge in [0.2, 0.25) is 0 Å². The molecule has 0 amide bonds. The largest absolute Gasteiger partial charge is 0.416 e. The molecule has 0 saturated carbocycles. The van der Waals surface area contributed by atoms with Crippen molar-refractivity contribution in [3.05, 3.63) is 35.0 Å². The number of alkyl halides is 3. The molecule has 108 valence electrons. The maximum absolute atomic E-state index is 12.9. The van der Waals surface area contributed by atoms with E-state index in [0.717, 1.165) is 12.5 Å². The molecule has 0 bridgehead atoms. The number of aryl methyl sites for hydroxylation is 1. The quantitative estimate of drug-likeness (QED) is 0.942. The molecule has 0 aliphatic carbocycles. The Bertz CT molecular complexity index is 617. The van der Waals surface area contributed by atoms with Crippen molar-refractivity contribution in [2.75, 3.05) is 5.73 Å². The van der Waals surface area contributed by atoms with Gasteiger partial charge in [0, 0.05) is 0 Å². The van der Waals surface area contributed by atoms with Gasteiger partial charge in [-0.15, -0.1) is 5.10 Å². The van der Waals surface area contributed by atoms with E-state index in [1.165, 1.54) is 17.7 Å². The Morgan fingerprint density at radius 1 is 1.30 bits per heavy atom. The van der Waals surface area contributed by atoms with E-state index in [-0.39, 0.29) is 11.4 Å². The van der Waals surface area contributed by atoms with Gasteiger partial charge in [0.05, 0.1) is 16.9 Å². The van der Waals surface area contributed by atoms with Gasteiger partial charge in [-0.25, -0.2) is 4.68 Å². The van der Waals surface area contributed by atoms with Gasteiger partial charge >= 0.3 is 6.18 Å². The normalized spacial score (nSPS) is 11.8. The average Bonchev–Trinajstić information content (AvgIpc) is 2.71. The number of benzene rings is 1. The van der Waals surface area contributed by atoms with Crippen LogP contribution >= 0.6 is 0 Å². The van der Waals surface area contributed by atoms with Crippen LogP contribution in [-0.2, 0) is 12.6 Å². The van der Waals surface area contributed by atoms with Crippen LogP contribution in [0, 0.1) is 6.92 Å². The van der Waals surface area contributed by atoms with Crippen molar-refractivity contribution in [2.24, 2.45) is 0 Å². The van der Waals surface area contributed by atoms with Gasteiger partial charge in [0.1, 0.15) is 0 Å². The van der Waals surface area contributed by atoms with Gasteiger partial charge in [-0.2, -0.15) is 13.2 Å². The first-order chi connectivity index (χ1) is 9.34. The molecule has 0 radical (unpaired) electrons. The van der Waals surface area contributed by atoms with Crippen molar-refractivity contribution in [1.82, 2.24) is 15.0 Å². The average molecular weight is 284 g/mol. The van der Waals surface area contributed by atoms with E-state index >= 15 is 0 Å². The third-order valence-electron chi connectivity index (χ3n) is 3.05. The first-order valence-corrected chi connectivity index (χ1v) is 6.23. The second kappa shape index (κ2) is 5.15. The number of rotatable bonds is 3. The minimum absolute atomic E-state index is 0.173. The Morgan fingerprint density at radius 3 is 2.60 bits per heavy atom. The standard InChI is InChI=1S/C13H15F3N4/c1-3-4-11-12(17)18-19-20(11)9-6-5-8(2)10(7-9)13(14,15)16/h5-7H,3-4,17H2,1-2H3. The summed E-state index contributed by atoms with van der Waals surface area (Å²) in [7, 11) is 0. The van der Waals surface area contributed by atoms with Gasteiger partial charge in [-0.3, -0.25) is 0 Å². The van der Waals surface area contributed by atoms with Crippen LogP contribution < -0.4 is 5.73 Å². The van der Waals surface area contributed by atoms with Crippen LogP contribution in [-0.4, -0.2) is 15.0 Å². The zero-order valence-electron chi connectivity index (χ0n) is 11.2. The second-order valence-electron chi connectivity index (χ2n) is 4.58. The number of nitrogens with zero attached hydrogens (tertiary/aromatic N) is 3. The maximum atomic E-state index is 12.9. The number of hydrogen-bond donors (Lipinski definition) is 1. The molecular formula is C13H15F3N4. The number of hydrogen-bond acceptors (Lipinski definition) is 3. The fourth-order valence-electron chi connectivity index (χ4n) is 2.04. The number of halogens is 3. The highest BCUT2D eigenvalue weighted by molar-refractivity contribution is 5.45. The molecule has 2 aromatic rings. The van der Waals surface area contributed by atoms with Gasteiger partial charge < -0.3 is 5.73 Å². The van der Waals surface area contributed by atoms with Gasteiger partial charge in [0.15, 0.2) is 5.82 Å². The first kappa shape index (κ1) is 14.4. The molecule has 2 rings (SSSR count). The number of nitrogens with two attached hydrogens (primary N) is 1. The summed E-state index contributed by atoms with van der Waals surface area (Å²) in [5, 5.41) is 7.57. The molecule has 1 heterocycles. The number of nitrogen functional groups attached to an aromatic ring is 1. The molecule has 0 unspecified atom stereocenters. The van der Waals surface area contributed by atoms with Crippen molar-refractivity contribution in [2.45, 2.75) is 32.9 Å². The third-order valence-corrected chi connectivity index (χ3v) is 3.05. The molecule has 0 fully saturated rings. The maximum Gasteiger partial charge on any atom is 0.416 e. The molecule has 20 heavy (non-hydrogen) atoms. The van der Waals surface area contributed by atoms with Gasteiger partial charge in [-0.1, -0.05) is 24.6 Å².